The van der Waals surface area contributed by atoms with Gasteiger partial charge in [-0.1, -0.05) is 18.2 Å². The van der Waals surface area contributed by atoms with Crippen molar-refractivity contribution in [2.24, 2.45) is 5.84 Å². The number of fused-ring (bicyclic) bond motifs is 1. The van der Waals surface area contributed by atoms with Gasteiger partial charge in [0.15, 0.2) is 0 Å². The van der Waals surface area contributed by atoms with Gasteiger partial charge in [-0.2, -0.15) is 5.10 Å². The molecule has 2 atom stereocenters. The van der Waals surface area contributed by atoms with Gasteiger partial charge in [-0.15, -0.1) is 11.8 Å². The number of hydrazine groups is 1. The normalized spacial score (nSPS) is 19.0. The Hall–Kier alpha value is -1.30. The highest BCUT2D eigenvalue weighted by atomic mass is 32.2. The fraction of sp³-hybridized carbons (Fsp3) is 0.438. The SMILES string of the molecule is CC(C)n1ccc(CC(NN)C2CSc3ccccc32)n1. The molecule has 0 radical (unpaired) electrons. The van der Waals surface area contributed by atoms with E-state index in [0.29, 0.717) is 12.0 Å². The summed E-state index contributed by atoms with van der Waals surface area (Å²) in [4.78, 5) is 1.38. The highest BCUT2D eigenvalue weighted by Crippen LogP contribution is 2.41. The van der Waals surface area contributed by atoms with Gasteiger partial charge in [0.1, 0.15) is 0 Å². The molecular weight excluding hydrogens is 280 g/mol. The maximum Gasteiger partial charge on any atom is 0.0641 e. The summed E-state index contributed by atoms with van der Waals surface area (Å²) in [5, 5.41) is 4.64. The van der Waals surface area contributed by atoms with Crippen molar-refractivity contribution in [1.29, 1.82) is 0 Å². The molecule has 0 saturated carbocycles. The van der Waals surface area contributed by atoms with Crippen molar-refractivity contribution in [2.45, 2.75) is 43.2 Å². The first-order valence-electron chi connectivity index (χ1n) is 7.41. The van der Waals surface area contributed by atoms with Crippen LogP contribution in [0.2, 0.25) is 0 Å². The van der Waals surface area contributed by atoms with Crippen molar-refractivity contribution in [1.82, 2.24) is 15.2 Å². The van der Waals surface area contributed by atoms with E-state index in [2.05, 4.69) is 54.7 Å². The monoisotopic (exact) mass is 302 g/mol. The van der Waals surface area contributed by atoms with Crippen molar-refractivity contribution in [3.05, 3.63) is 47.8 Å². The zero-order chi connectivity index (χ0) is 14.8. The molecular formula is C16H22N4S. The van der Waals surface area contributed by atoms with Gasteiger partial charge < -0.3 is 0 Å². The topological polar surface area (TPSA) is 55.9 Å². The van der Waals surface area contributed by atoms with Gasteiger partial charge in [-0.25, -0.2) is 0 Å². The molecule has 112 valence electrons. The molecule has 1 aliphatic rings. The lowest BCUT2D eigenvalue weighted by Gasteiger charge is -2.22. The summed E-state index contributed by atoms with van der Waals surface area (Å²) in [7, 11) is 0. The Bertz CT molecular complexity index is 608. The minimum absolute atomic E-state index is 0.219. The Labute approximate surface area is 130 Å². The first kappa shape index (κ1) is 14.6. The van der Waals surface area contributed by atoms with E-state index in [1.165, 1.54) is 10.5 Å². The van der Waals surface area contributed by atoms with E-state index in [1.807, 2.05) is 22.6 Å². The fourth-order valence-corrected chi connectivity index (χ4v) is 4.17. The Balaban J connectivity index is 1.77. The number of hydrogen-bond acceptors (Lipinski definition) is 4. The van der Waals surface area contributed by atoms with Gasteiger partial charge in [0.05, 0.1) is 5.69 Å². The molecule has 2 aromatic rings. The van der Waals surface area contributed by atoms with Crippen LogP contribution >= 0.6 is 11.8 Å². The second-order valence-corrected chi connectivity index (χ2v) is 6.88. The van der Waals surface area contributed by atoms with Gasteiger partial charge >= 0.3 is 0 Å². The number of rotatable bonds is 5. The summed E-state index contributed by atoms with van der Waals surface area (Å²) in [5.74, 6) is 7.36. The van der Waals surface area contributed by atoms with Gasteiger partial charge in [-0.05, 0) is 31.5 Å². The van der Waals surface area contributed by atoms with Crippen LogP contribution in [0.15, 0.2) is 41.4 Å². The highest BCUT2D eigenvalue weighted by Gasteiger charge is 2.30. The summed E-state index contributed by atoms with van der Waals surface area (Å²) in [6.07, 6.45) is 2.90. The second kappa shape index (κ2) is 6.22. The van der Waals surface area contributed by atoms with Crippen LogP contribution in [0.25, 0.3) is 0 Å². The average Bonchev–Trinajstić information content (AvgIpc) is 3.11. The first-order valence-corrected chi connectivity index (χ1v) is 8.39. The van der Waals surface area contributed by atoms with Gasteiger partial charge in [-0.3, -0.25) is 16.0 Å². The summed E-state index contributed by atoms with van der Waals surface area (Å²) >= 11 is 1.92. The summed E-state index contributed by atoms with van der Waals surface area (Å²) in [6, 6.07) is 11.3. The predicted molar refractivity (Wildman–Crippen MR) is 87.3 cm³/mol. The smallest absolute Gasteiger partial charge is 0.0641 e. The average molecular weight is 302 g/mol. The Kier molecular flexibility index (Phi) is 4.33. The third-order valence-corrected chi connectivity index (χ3v) is 5.27. The summed E-state index contributed by atoms with van der Waals surface area (Å²) in [5.41, 5.74) is 5.52. The Morgan fingerprint density at radius 1 is 1.38 bits per heavy atom. The van der Waals surface area contributed by atoms with Crippen LogP contribution in [0, 0.1) is 0 Å². The molecule has 0 bridgehead atoms. The van der Waals surface area contributed by atoms with E-state index in [-0.39, 0.29) is 6.04 Å². The second-order valence-electron chi connectivity index (χ2n) is 5.81. The molecule has 21 heavy (non-hydrogen) atoms. The third kappa shape index (κ3) is 3.00. The fourth-order valence-electron chi connectivity index (χ4n) is 2.84. The summed E-state index contributed by atoms with van der Waals surface area (Å²) in [6.45, 7) is 4.28. The van der Waals surface area contributed by atoms with Gasteiger partial charge in [0.25, 0.3) is 0 Å². The van der Waals surface area contributed by atoms with Crippen molar-refractivity contribution in [2.75, 3.05) is 5.75 Å². The number of nitrogens with zero attached hydrogens (tertiary/aromatic N) is 2. The predicted octanol–water partition coefficient (Wildman–Crippen LogP) is 2.73. The van der Waals surface area contributed by atoms with Crippen molar-refractivity contribution in [3.63, 3.8) is 0 Å². The van der Waals surface area contributed by atoms with Gasteiger partial charge in [0, 0.05) is 41.3 Å². The van der Waals surface area contributed by atoms with Crippen molar-refractivity contribution < 1.29 is 0 Å². The number of aromatic nitrogens is 2. The molecule has 0 amide bonds. The van der Waals surface area contributed by atoms with Crippen LogP contribution in [-0.2, 0) is 6.42 Å². The lowest BCUT2D eigenvalue weighted by Crippen LogP contribution is -2.41. The molecule has 3 rings (SSSR count). The number of nitrogens with one attached hydrogen (secondary N) is 1. The minimum atomic E-state index is 0.219. The first-order chi connectivity index (χ1) is 10.2. The van der Waals surface area contributed by atoms with E-state index in [0.717, 1.165) is 17.9 Å². The van der Waals surface area contributed by atoms with Crippen LogP contribution in [-0.4, -0.2) is 21.6 Å². The molecule has 0 saturated heterocycles. The Morgan fingerprint density at radius 2 is 2.19 bits per heavy atom. The minimum Gasteiger partial charge on any atom is -0.271 e. The number of nitrogens with two attached hydrogens (primary N) is 1. The van der Waals surface area contributed by atoms with Crippen LogP contribution in [0.1, 0.15) is 37.1 Å². The van der Waals surface area contributed by atoms with Crippen LogP contribution < -0.4 is 11.3 Å². The maximum atomic E-state index is 5.83. The van der Waals surface area contributed by atoms with E-state index in [9.17, 15) is 0 Å². The molecule has 0 spiro atoms. The molecule has 1 aromatic heterocycles. The molecule has 0 fully saturated rings. The highest BCUT2D eigenvalue weighted by molar-refractivity contribution is 7.99. The van der Waals surface area contributed by atoms with E-state index in [1.54, 1.807) is 0 Å². The zero-order valence-corrected chi connectivity index (χ0v) is 13.3. The summed E-state index contributed by atoms with van der Waals surface area (Å²) < 4.78 is 2.00. The molecule has 1 aliphatic heterocycles. The lowest BCUT2D eigenvalue weighted by atomic mass is 9.91. The Morgan fingerprint density at radius 3 is 2.90 bits per heavy atom. The molecule has 1 aromatic carbocycles. The quantitative estimate of drug-likeness (QED) is 0.659. The van der Waals surface area contributed by atoms with Gasteiger partial charge in [0.2, 0.25) is 0 Å². The van der Waals surface area contributed by atoms with E-state index < -0.39 is 0 Å². The standard InChI is InChI=1S/C16H22N4S/c1-11(2)20-8-7-12(19-20)9-15(18-17)14-10-21-16-6-4-3-5-13(14)16/h3-8,11,14-15,18H,9-10,17H2,1-2H3. The van der Waals surface area contributed by atoms with Crippen LogP contribution in [0.5, 0.6) is 0 Å². The number of benzene rings is 1. The largest absolute Gasteiger partial charge is 0.271 e. The van der Waals surface area contributed by atoms with E-state index in [4.69, 9.17) is 5.84 Å². The third-order valence-electron chi connectivity index (χ3n) is 4.06. The lowest BCUT2D eigenvalue weighted by molar-refractivity contribution is 0.452. The number of thioether (sulfide) groups is 1. The van der Waals surface area contributed by atoms with Crippen molar-refractivity contribution in [3.8, 4) is 0 Å². The molecule has 3 N–H and O–H groups in total. The zero-order valence-electron chi connectivity index (χ0n) is 12.5. The molecule has 2 unspecified atom stereocenters. The molecule has 0 aliphatic carbocycles. The maximum absolute atomic E-state index is 5.83. The van der Waals surface area contributed by atoms with E-state index >= 15 is 0 Å². The number of hydrogen-bond donors (Lipinski definition) is 2. The molecule has 4 nitrogen and oxygen atoms in total. The van der Waals surface area contributed by atoms with Crippen LogP contribution in [0.4, 0.5) is 0 Å². The van der Waals surface area contributed by atoms with Crippen LogP contribution in [0.3, 0.4) is 0 Å². The van der Waals surface area contributed by atoms with Crippen molar-refractivity contribution >= 4 is 11.8 Å². The molecule has 2 heterocycles. The molecule has 5 heteroatoms.